The summed E-state index contributed by atoms with van der Waals surface area (Å²) in [6.45, 7) is 10.2. The van der Waals surface area contributed by atoms with E-state index in [4.69, 9.17) is 16.6 Å². The molecule has 0 aliphatic carbocycles. The van der Waals surface area contributed by atoms with Crippen LogP contribution >= 0.6 is 11.6 Å². The molecule has 2 aromatic carbocycles. The highest BCUT2D eigenvalue weighted by Gasteiger charge is 2.37. The van der Waals surface area contributed by atoms with Crippen LogP contribution in [0.25, 0.3) is 11.0 Å². The summed E-state index contributed by atoms with van der Waals surface area (Å²) in [5.41, 5.74) is 2.58. The Morgan fingerprint density at radius 1 is 1.06 bits per heavy atom. The zero-order valence-electron chi connectivity index (χ0n) is 21.3. The first-order chi connectivity index (χ1) is 16.3. The molecule has 0 saturated carbocycles. The van der Waals surface area contributed by atoms with E-state index in [-0.39, 0.29) is 5.92 Å². The topological polar surface area (TPSA) is 48.1 Å². The summed E-state index contributed by atoms with van der Waals surface area (Å²) < 4.78 is 2.19. The molecule has 5 nitrogen and oxygen atoms in total. The number of imidazole rings is 1. The highest BCUT2D eigenvalue weighted by Crippen LogP contribution is 2.40. The van der Waals surface area contributed by atoms with E-state index in [9.17, 15) is 5.26 Å². The zero-order valence-corrected chi connectivity index (χ0v) is 22.0. The van der Waals surface area contributed by atoms with Crippen LogP contribution in [0.1, 0.15) is 45.6 Å². The van der Waals surface area contributed by atoms with E-state index in [1.165, 1.54) is 0 Å². The lowest BCUT2D eigenvalue weighted by Crippen LogP contribution is -2.36. The number of benzene rings is 2. The first-order valence-electron chi connectivity index (χ1n) is 12.3. The number of likely N-dealkylation sites (N-methyl/N-ethyl adjacent to an activating group) is 1. The highest BCUT2D eigenvalue weighted by atomic mass is 35.5. The monoisotopic (exact) mass is 479 g/mol. The summed E-state index contributed by atoms with van der Waals surface area (Å²) in [5, 5.41) is 10.9. The Labute approximate surface area is 209 Å². The largest absolute Gasteiger partial charge is 0.341 e. The molecule has 0 saturated heterocycles. The standard InChI is InChI=1S/C28H38ClN5/c1-6-17-34(27-31-25-14-9-10-15-26(25)33(27)5)20-19-32(4)18-11-16-28(21-30,22(2)3)23-12-7-8-13-24(23)29/h7-10,12-15,22H,6,11,16-20H2,1-5H3. The molecule has 3 aromatic rings. The van der Waals surface area contributed by atoms with Gasteiger partial charge in [0.05, 0.1) is 22.5 Å². The van der Waals surface area contributed by atoms with Gasteiger partial charge in [-0.15, -0.1) is 0 Å². The third kappa shape index (κ3) is 5.56. The van der Waals surface area contributed by atoms with Crippen LogP contribution in [0, 0.1) is 17.2 Å². The minimum absolute atomic E-state index is 0.181. The number of nitriles is 1. The van der Waals surface area contributed by atoms with E-state index in [0.29, 0.717) is 5.02 Å². The molecule has 1 aromatic heterocycles. The number of para-hydroxylation sites is 2. The molecule has 0 spiro atoms. The smallest absolute Gasteiger partial charge is 0.206 e. The number of rotatable bonds is 12. The molecule has 0 aliphatic rings. The maximum Gasteiger partial charge on any atom is 0.206 e. The van der Waals surface area contributed by atoms with Gasteiger partial charge in [0.25, 0.3) is 0 Å². The molecule has 182 valence electrons. The van der Waals surface area contributed by atoms with Crippen LogP contribution in [0.5, 0.6) is 0 Å². The van der Waals surface area contributed by atoms with Crippen molar-refractivity contribution >= 4 is 28.6 Å². The van der Waals surface area contributed by atoms with Crippen molar-refractivity contribution in [2.24, 2.45) is 13.0 Å². The number of nitrogens with zero attached hydrogens (tertiary/aromatic N) is 5. The SMILES string of the molecule is CCCN(CCN(C)CCCC(C#N)(c1ccccc1Cl)C(C)C)c1nc2ccccc2n1C. The quantitative estimate of drug-likeness (QED) is 0.307. The van der Waals surface area contributed by atoms with E-state index < -0.39 is 5.41 Å². The van der Waals surface area contributed by atoms with Gasteiger partial charge in [-0.1, -0.05) is 62.7 Å². The summed E-state index contributed by atoms with van der Waals surface area (Å²) in [7, 11) is 4.26. The second-order valence-electron chi connectivity index (χ2n) is 9.57. The molecule has 3 rings (SSSR count). The summed E-state index contributed by atoms with van der Waals surface area (Å²) in [6, 6.07) is 18.7. The van der Waals surface area contributed by atoms with Gasteiger partial charge in [-0.2, -0.15) is 5.26 Å². The second-order valence-corrected chi connectivity index (χ2v) is 9.98. The molecule has 6 heteroatoms. The first kappa shape index (κ1) is 26.1. The Kier molecular flexibility index (Phi) is 8.99. The van der Waals surface area contributed by atoms with Gasteiger partial charge in [-0.05, 0) is 62.5 Å². The van der Waals surface area contributed by atoms with Gasteiger partial charge in [-0.25, -0.2) is 4.98 Å². The molecule has 1 unspecified atom stereocenters. The van der Waals surface area contributed by atoms with Crippen LogP contribution in [0.15, 0.2) is 48.5 Å². The van der Waals surface area contributed by atoms with E-state index in [0.717, 1.165) is 68.0 Å². The summed E-state index contributed by atoms with van der Waals surface area (Å²) in [6.07, 6.45) is 2.80. The Balaban J connectivity index is 1.63. The predicted molar refractivity (Wildman–Crippen MR) is 144 cm³/mol. The normalized spacial score (nSPS) is 13.4. The molecule has 0 bridgehead atoms. The molecule has 1 heterocycles. The van der Waals surface area contributed by atoms with Gasteiger partial charge in [0.15, 0.2) is 0 Å². The fraction of sp³-hybridized carbons (Fsp3) is 0.500. The molecule has 0 N–H and O–H groups in total. The second kappa shape index (κ2) is 11.7. The van der Waals surface area contributed by atoms with Gasteiger partial charge >= 0.3 is 0 Å². The molecule has 0 fully saturated rings. The average molecular weight is 480 g/mol. The Morgan fingerprint density at radius 3 is 2.41 bits per heavy atom. The Morgan fingerprint density at radius 2 is 1.76 bits per heavy atom. The molecular weight excluding hydrogens is 442 g/mol. The van der Waals surface area contributed by atoms with Crippen LogP contribution in [0.3, 0.4) is 0 Å². The minimum Gasteiger partial charge on any atom is -0.341 e. The summed E-state index contributed by atoms with van der Waals surface area (Å²) in [4.78, 5) is 9.64. The maximum absolute atomic E-state index is 10.2. The van der Waals surface area contributed by atoms with Crippen LogP contribution in [-0.2, 0) is 12.5 Å². The number of hydrogen-bond acceptors (Lipinski definition) is 4. The van der Waals surface area contributed by atoms with E-state index >= 15 is 0 Å². The summed E-state index contributed by atoms with van der Waals surface area (Å²) in [5.74, 6) is 1.21. The Hall–Kier alpha value is -2.55. The van der Waals surface area contributed by atoms with Crippen molar-refractivity contribution < 1.29 is 0 Å². The van der Waals surface area contributed by atoms with Gasteiger partial charge in [0.1, 0.15) is 0 Å². The minimum atomic E-state index is -0.569. The lowest BCUT2D eigenvalue weighted by atomic mass is 9.70. The van der Waals surface area contributed by atoms with Crippen molar-refractivity contribution in [2.45, 2.75) is 45.4 Å². The maximum atomic E-state index is 10.2. The third-order valence-corrected chi connectivity index (χ3v) is 7.27. The van der Waals surface area contributed by atoms with Crippen LogP contribution in [-0.4, -0.2) is 47.7 Å². The highest BCUT2D eigenvalue weighted by molar-refractivity contribution is 6.31. The van der Waals surface area contributed by atoms with Crippen molar-refractivity contribution in [3.63, 3.8) is 0 Å². The lowest BCUT2D eigenvalue weighted by Gasteiger charge is -2.33. The Bertz CT molecular complexity index is 1120. The van der Waals surface area contributed by atoms with Gasteiger partial charge < -0.3 is 14.4 Å². The lowest BCUT2D eigenvalue weighted by molar-refractivity contribution is 0.294. The van der Waals surface area contributed by atoms with Gasteiger partial charge in [-0.3, -0.25) is 0 Å². The number of fused-ring (bicyclic) bond motifs is 1. The van der Waals surface area contributed by atoms with Crippen molar-refractivity contribution in [1.29, 1.82) is 5.26 Å². The van der Waals surface area contributed by atoms with Crippen LogP contribution in [0.4, 0.5) is 5.95 Å². The third-order valence-electron chi connectivity index (χ3n) is 6.94. The molecule has 1 atom stereocenters. The number of anilines is 1. The zero-order chi connectivity index (χ0) is 24.7. The van der Waals surface area contributed by atoms with Crippen molar-refractivity contribution in [3.8, 4) is 6.07 Å². The number of halogens is 1. The number of aryl methyl sites for hydroxylation is 1. The molecule has 0 radical (unpaired) electrons. The number of aromatic nitrogens is 2. The van der Waals surface area contributed by atoms with Crippen molar-refractivity contribution in [3.05, 3.63) is 59.1 Å². The van der Waals surface area contributed by atoms with Crippen molar-refractivity contribution in [2.75, 3.05) is 38.1 Å². The molecule has 34 heavy (non-hydrogen) atoms. The van der Waals surface area contributed by atoms with Crippen LogP contribution < -0.4 is 4.90 Å². The fourth-order valence-electron chi connectivity index (χ4n) is 4.83. The van der Waals surface area contributed by atoms with Crippen molar-refractivity contribution in [1.82, 2.24) is 14.5 Å². The van der Waals surface area contributed by atoms with E-state index in [1.54, 1.807) is 0 Å². The average Bonchev–Trinajstić information content (AvgIpc) is 3.16. The van der Waals surface area contributed by atoms with E-state index in [1.807, 2.05) is 30.3 Å². The fourth-order valence-corrected chi connectivity index (χ4v) is 5.14. The van der Waals surface area contributed by atoms with Gasteiger partial charge in [0.2, 0.25) is 5.95 Å². The van der Waals surface area contributed by atoms with Gasteiger partial charge in [0, 0.05) is 31.7 Å². The molecule has 0 aliphatic heterocycles. The molecular formula is C28H38ClN5. The van der Waals surface area contributed by atoms with Crippen LogP contribution in [0.2, 0.25) is 5.02 Å². The predicted octanol–water partition coefficient (Wildman–Crippen LogP) is 6.27. The first-order valence-corrected chi connectivity index (χ1v) is 12.7. The molecule has 0 amide bonds. The summed E-state index contributed by atoms with van der Waals surface area (Å²) >= 11 is 6.51. The number of hydrogen-bond donors (Lipinski definition) is 0. The van der Waals surface area contributed by atoms with E-state index in [2.05, 4.69) is 73.5 Å².